The first-order chi connectivity index (χ1) is 13.1. The number of furan rings is 1. The molecule has 1 N–H and O–H groups in total. The standard InChI is InChI=1S/C20H20N4O3/c1-11-16-10-14(25-4)7-8-17(16)26-18(11)12(2)22-19-15(6-5-9-21-19)20-23-13(3)24-27-20/h5-10,12H,1-4H3,(H,21,22). The number of pyridine rings is 1. The maximum atomic E-state index is 6.08. The molecule has 0 aliphatic rings. The number of nitrogens with one attached hydrogen (secondary N) is 1. The van der Waals surface area contributed by atoms with Gasteiger partial charge in [0.25, 0.3) is 5.89 Å². The summed E-state index contributed by atoms with van der Waals surface area (Å²) in [4.78, 5) is 8.74. The predicted molar refractivity (Wildman–Crippen MR) is 102 cm³/mol. The number of benzene rings is 1. The largest absolute Gasteiger partial charge is 0.497 e. The Morgan fingerprint density at radius 2 is 2.04 bits per heavy atom. The van der Waals surface area contributed by atoms with Gasteiger partial charge in [-0.05, 0) is 51.1 Å². The number of anilines is 1. The van der Waals surface area contributed by atoms with E-state index >= 15 is 0 Å². The third-order valence-corrected chi connectivity index (χ3v) is 4.49. The fourth-order valence-corrected chi connectivity index (χ4v) is 3.13. The van der Waals surface area contributed by atoms with E-state index in [2.05, 4.69) is 20.4 Å². The van der Waals surface area contributed by atoms with Crippen molar-refractivity contribution in [3.05, 3.63) is 53.7 Å². The van der Waals surface area contributed by atoms with E-state index in [1.54, 1.807) is 20.2 Å². The van der Waals surface area contributed by atoms with E-state index in [0.717, 1.165) is 33.6 Å². The summed E-state index contributed by atoms with van der Waals surface area (Å²) < 4.78 is 16.7. The molecule has 3 aromatic heterocycles. The summed E-state index contributed by atoms with van der Waals surface area (Å²) in [6.45, 7) is 5.85. The van der Waals surface area contributed by atoms with Gasteiger partial charge in [0.2, 0.25) is 0 Å². The minimum atomic E-state index is -0.110. The van der Waals surface area contributed by atoms with Gasteiger partial charge in [-0.2, -0.15) is 4.98 Å². The van der Waals surface area contributed by atoms with Crippen LogP contribution in [0.25, 0.3) is 22.4 Å². The molecule has 0 radical (unpaired) electrons. The maximum absolute atomic E-state index is 6.08. The Balaban J connectivity index is 1.68. The van der Waals surface area contributed by atoms with Gasteiger partial charge in [0.15, 0.2) is 5.82 Å². The lowest BCUT2D eigenvalue weighted by Gasteiger charge is -2.14. The van der Waals surface area contributed by atoms with Gasteiger partial charge >= 0.3 is 0 Å². The first kappa shape index (κ1) is 17.1. The summed E-state index contributed by atoms with van der Waals surface area (Å²) >= 11 is 0. The summed E-state index contributed by atoms with van der Waals surface area (Å²) in [6.07, 6.45) is 1.72. The van der Waals surface area contributed by atoms with Crippen molar-refractivity contribution in [2.45, 2.75) is 26.8 Å². The van der Waals surface area contributed by atoms with E-state index in [1.807, 2.05) is 44.2 Å². The minimum Gasteiger partial charge on any atom is -0.497 e. The fraction of sp³-hybridized carbons (Fsp3) is 0.250. The number of aromatic nitrogens is 3. The van der Waals surface area contributed by atoms with Crippen LogP contribution in [0.1, 0.15) is 30.1 Å². The zero-order chi connectivity index (χ0) is 19.0. The van der Waals surface area contributed by atoms with Crippen molar-refractivity contribution >= 4 is 16.8 Å². The Hall–Kier alpha value is -3.35. The number of ether oxygens (including phenoxy) is 1. The van der Waals surface area contributed by atoms with Crippen LogP contribution in [0.4, 0.5) is 5.82 Å². The van der Waals surface area contributed by atoms with Crippen LogP contribution in [0.5, 0.6) is 5.75 Å². The molecule has 0 aliphatic heterocycles. The lowest BCUT2D eigenvalue weighted by molar-refractivity contribution is 0.415. The topological polar surface area (TPSA) is 86.2 Å². The van der Waals surface area contributed by atoms with Crippen molar-refractivity contribution in [3.63, 3.8) is 0 Å². The van der Waals surface area contributed by atoms with Crippen LogP contribution in [0.2, 0.25) is 0 Å². The molecule has 138 valence electrons. The zero-order valence-electron chi connectivity index (χ0n) is 15.6. The van der Waals surface area contributed by atoms with Gasteiger partial charge in [0.1, 0.15) is 22.9 Å². The molecule has 27 heavy (non-hydrogen) atoms. The van der Waals surface area contributed by atoms with Crippen LogP contribution < -0.4 is 10.1 Å². The van der Waals surface area contributed by atoms with Crippen LogP contribution in [-0.4, -0.2) is 22.2 Å². The van der Waals surface area contributed by atoms with Gasteiger partial charge in [0, 0.05) is 17.1 Å². The third kappa shape index (κ3) is 3.12. The highest BCUT2D eigenvalue weighted by atomic mass is 16.5. The van der Waals surface area contributed by atoms with E-state index in [-0.39, 0.29) is 6.04 Å². The van der Waals surface area contributed by atoms with Gasteiger partial charge in [-0.25, -0.2) is 4.98 Å². The zero-order valence-corrected chi connectivity index (χ0v) is 15.6. The summed E-state index contributed by atoms with van der Waals surface area (Å²) in [5.41, 5.74) is 2.64. The van der Waals surface area contributed by atoms with Crippen molar-refractivity contribution in [3.8, 4) is 17.2 Å². The molecule has 0 saturated heterocycles. The second kappa shape index (κ2) is 6.75. The monoisotopic (exact) mass is 364 g/mol. The molecule has 0 aliphatic carbocycles. The van der Waals surface area contributed by atoms with E-state index in [9.17, 15) is 0 Å². The predicted octanol–water partition coefficient (Wildman–Crippen LogP) is 4.68. The van der Waals surface area contributed by atoms with Gasteiger partial charge < -0.3 is 19.0 Å². The molecule has 0 saturated carbocycles. The molecule has 1 unspecified atom stereocenters. The van der Waals surface area contributed by atoms with Crippen LogP contribution in [0, 0.1) is 13.8 Å². The van der Waals surface area contributed by atoms with Crippen LogP contribution in [0.15, 0.2) is 45.5 Å². The first-order valence-corrected chi connectivity index (χ1v) is 8.66. The first-order valence-electron chi connectivity index (χ1n) is 8.66. The molecule has 4 rings (SSSR count). The number of hydrogen-bond acceptors (Lipinski definition) is 7. The van der Waals surface area contributed by atoms with E-state index in [4.69, 9.17) is 13.7 Å². The van der Waals surface area contributed by atoms with Crippen molar-refractivity contribution in [1.29, 1.82) is 0 Å². The Bertz CT molecular complexity index is 1100. The van der Waals surface area contributed by atoms with E-state index in [0.29, 0.717) is 17.5 Å². The molecule has 1 atom stereocenters. The molecule has 4 aromatic rings. The van der Waals surface area contributed by atoms with Crippen LogP contribution in [0.3, 0.4) is 0 Å². The summed E-state index contributed by atoms with van der Waals surface area (Å²) in [7, 11) is 1.66. The number of hydrogen-bond donors (Lipinski definition) is 1. The van der Waals surface area contributed by atoms with Gasteiger partial charge in [-0.3, -0.25) is 0 Å². The van der Waals surface area contributed by atoms with Crippen LogP contribution >= 0.6 is 0 Å². The normalized spacial score (nSPS) is 12.3. The summed E-state index contributed by atoms with van der Waals surface area (Å²) in [5, 5.41) is 8.29. The highest BCUT2D eigenvalue weighted by molar-refractivity contribution is 5.84. The quantitative estimate of drug-likeness (QED) is 0.550. The summed E-state index contributed by atoms with van der Waals surface area (Å²) in [5.74, 6) is 3.32. The van der Waals surface area contributed by atoms with Gasteiger partial charge in [0.05, 0.1) is 18.7 Å². The molecule has 7 heteroatoms. The van der Waals surface area contributed by atoms with Crippen LogP contribution in [-0.2, 0) is 0 Å². The van der Waals surface area contributed by atoms with E-state index < -0.39 is 0 Å². The number of rotatable bonds is 5. The average molecular weight is 364 g/mol. The average Bonchev–Trinajstić information content (AvgIpc) is 3.25. The van der Waals surface area contributed by atoms with Crippen molar-refractivity contribution < 1.29 is 13.7 Å². The molecule has 0 fully saturated rings. The lowest BCUT2D eigenvalue weighted by atomic mass is 10.1. The number of methoxy groups -OCH3 is 1. The molecule has 0 spiro atoms. The van der Waals surface area contributed by atoms with Gasteiger partial charge in [-0.15, -0.1) is 0 Å². The summed E-state index contributed by atoms with van der Waals surface area (Å²) in [6, 6.07) is 9.42. The highest BCUT2D eigenvalue weighted by Gasteiger charge is 2.20. The maximum Gasteiger partial charge on any atom is 0.261 e. The molecular weight excluding hydrogens is 344 g/mol. The minimum absolute atomic E-state index is 0.110. The Morgan fingerprint density at radius 3 is 2.78 bits per heavy atom. The second-order valence-electron chi connectivity index (χ2n) is 6.37. The van der Waals surface area contributed by atoms with Crippen molar-refractivity contribution in [2.24, 2.45) is 0 Å². The highest BCUT2D eigenvalue weighted by Crippen LogP contribution is 2.34. The SMILES string of the molecule is COc1ccc2oc(C(C)Nc3ncccc3-c3nc(C)no3)c(C)c2c1. The van der Waals surface area contributed by atoms with Crippen molar-refractivity contribution in [2.75, 3.05) is 12.4 Å². The second-order valence-corrected chi connectivity index (χ2v) is 6.37. The lowest BCUT2D eigenvalue weighted by Crippen LogP contribution is -2.09. The fourth-order valence-electron chi connectivity index (χ4n) is 3.13. The molecule has 3 heterocycles. The third-order valence-electron chi connectivity index (χ3n) is 4.49. The molecule has 0 amide bonds. The smallest absolute Gasteiger partial charge is 0.261 e. The van der Waals surface area contributed by atoms with Crippen molar-refractivity contribution in [1.82, 2.24) is 15.1 Å². The molecule has 1 aromatic carbocycles. The Morgan fingerprint density at radius 1 is 1.19 bits per heavy atom. The Labute approximate surface area is 156 Å². The molecular formula is C20H20N4O3. The number of aryl methyl sites for hydroxylation is 2. The molecule has 0 bridgehead atoms. The molecule has 7 nitrogen and oxygen atoms in total. The number of fused-ring (bicyclic) bond motifs is 1. The Kier molecular flexibility index (Phi) is 4.27. The van der Waals surface area contributed by atoms with E-state index in [1.165, 1.54) is 0 Å². The number of nitrogens with zero attached hydrogens (tertiary/aromatic N) is 3. The van der Waals surface area contributed by atoms with Gasteiger partial charge in [-0.1, -0.05) is 5.16 Å².